The number of hydrogen-bond donors (Lipinski definition) is 2. The number of para-hydroxylation sites is 1. The lowest BCUT2D eigenvalue weighted by atomic mass is 10.2. The van der Waals surface area contributed by atoms with Crippen molar-refractivity contribution in [1.82, 2.24) is 9.97 Å². The molecule has 2 heterocycles. The Morgan fingerprint density at radius 2 is 2.05 bits per heavy atom. The van der Waals surface area contributed by atoms with Crippen molar-refractivity contribution in [3.63, 3.8) is 0 Å². The van der Waals surface area contributed by atoms with Crippen LogP contribution in [-0.2, 0) is 4.79 Å². The van der Waals surface area contributed by atoms with Crippen molar-refractivity contribution in [2.45, 2.75) is 12.5 Å². The SMILES string of the molecule is Nc1nc(Cl)cc(NC2CCN(c3ccccc3)C2=O)n1. The van der Waals surface area contributed by atoms with Crippen molar-refractivity contribution >= 4 is 35.0 Å². The molecule has 1 aromatic heterocycles. The molecular weight excluding hydrogens is 290 g/mol. The maximum absolute atomic E-state index is 12.4. The molecule has 3 rings (SSSR count). The molecule has 0 aliphatic carbocycles. The molecule has 1 saturated heterocycles. The van der Waals surface area contributed by atoms with Crippen molar-refractivity contribution in [3.05, 3.63) is 41.6 Å². The van der Waals surface area contributed by atoms with Crippen LogP contribution in [0.15, 0.2) is 36.4 Å². The third kappa shape index (κ3) is 2.90. The summed E-state index contributed by atoms with van der Waals surface area (Å²) in [7, 11) is 0. The molecule has 0 saturated carbocycles. The number of halogens is 1. The van der Waals surface area contributed by atoms with Gasteiger partial charge in [-0.15, -0.1) is 0 Å². The fourth-order valence-electron chi connectivity index (χ4n) is 2.37. The minimum absolute atomic E-state index is 0.00880. The summed E-state index contributed by atoms with van der Waals surface area (Å²) in [6.07, 6.45) is 0.690. The highest BCUT2D eigenvalue weighted by Gasteiger charge is 2.32. The minimum atomic E-state index is -0.337. The molecule has 1 atom stereocenters. The summed E-state index contributed by atoms with van der Waals surface area (Å²) in [5, 5.41) is 3.31. The number of rotatable bonds is 3. The van der Waals surface area contributed by atoms with Crippen molar-refractivity contribution < 1.29 is 4.79 Å². The van der Waals surface area contributed by atoms with Crippen molar-refractivity contribution in [2.24, 2.45) is 0 Å². The first-order valence-corrected chi connectivity index (χ1v) is 6.94. The third-order valence-electron chi connectivity index (χ3n) is 3.31. The molecule has 1 amide bonds. The number of nitrogens with two attached hydrogens (primary N) is 1. The Morgan fingerprint density at radius 3 is 2.76 bits per heavy atom. The summed E-state index contributed by atoms with van der Waals surface area (Å²) in [4.78, 5) is 22.0. The fraction of sp³-hybridized carbons (Fsp3) is 0.214. The Bertz CT molecular complexity index is 643. The monoisotopic (exact) mass is 303 g/mol. The summed E-state index contributed by atoms with van der Waals surface area (Å²) in [6, 6.07) is 10.8. The first-order valence-electron chi connectivity index (χ1n) is 6.56. The Hall–Kier alpha value is -2.34. The number of carbonyl (C=O) groups excluding carboxylic acids is 1. The van der Waals surface area contributed by atoms with E-state index in [1.807, 2.05) is 30.3 Å². The van der Waals surface area contributed by atoms with Crippen molar-refractivity contribution in [3.8, 4) is 0 Å². The number of carbonyl (C=O) groups is 1. The number of anilines is 3. The molecule has 0 bridgehead atoms. The Balaban J connectivity index is 1.75. The van der Waals surface area contributed by atoms with Crippen LogP contribution in [0.2, 0.25) is 5.15 Å². The summed E-state index contributed by atoms with van der Waals surface area (Å²) < 4.78 is 0. The van der Waals surface area contributed by atoms with Crippen LogP contribution in [0.4, 0.5) is 17.5 Å². The maximum Gasteiger partial charge on any atom is 0.249 e. The molecule has 7 heteroatoms. The zero-order valence-corrected chi connectivity index (χ0v) is 11.9. The van der Waals surface area contributed by atoms with E-state index < -0.39 is 0 Å². The molecular formula is C14H14ClN5O. The molecule has 1 fully saturated rings. The van der Waals surface area contributed by atoms with Gasteiger partial charge in [0.1, 0.15) is 17.0 Å². The fourth-order valence-corrected chi connectivity index (χ4v) is 2.56. The molecule has 108 valence electrons. The van der Waals surface area contributed by atoms with E-state index >= 15 is 0 Å². The Morgan fingerprint density at radius 1 is 1.29 bits per heavy atom. The van der Waals surface area contributed by atoms with Crippen molar-refractivity contribution in [2.75, 3.05) is 22.5 Å². The minimum Gasteiger partial charge on any atom is -0.368 e. The van der Waals surface area contributed by atoms with E-state index in [2.05, 4.69) is 15.3 Å². The topological polar surface area (TPSA) is 84.1 Å². The molecule has 0 spiro atoms. The second-order valence-electron chi connectivity index (χ2n) is 4.75. The second kappa shape index (κ2) is 5.57. The third-order valence-corrected chi connectivity index (χ3v) is 3.50. The highest BCUT2D eigenvalue weighted by Crippen LogP contribution is 2.23. The summed E-state index contributed by atoms with van der Waals surface area (Å²) in [5.74, 6) is 0.547. The summed E-state index contributed by atoms with van der Waals surface area (Å²) >= 11 is 5.83. The van der Waals surface area contributed by atoms with Gasteiger partial charge in [0.05, 0.1) is 0 Å². The molecule has 1 aromatic carbocycles. The van der Waals surface area contributed by atoms with Gasteiger partial charge in [-0.05, 0) is 18.6 Å². The van der Waals surface area contributed by atoms with Gasteiger partial charge in [-0.2, -0.15) is 4.98 Å². The number of nitrogens with zero attached hydrogens (tertiary/aromatic N) is 3. The normalized spacial score (nSPS) is 18.0. The molecule has 0 radical (unpaired) electrons. The average Bonchev–Trinajstić information content (AvgIpc) is 2.80. The van der Waals surface area contributed by atoms with Gasteiger partial charge in [-0.3, -0.25) is 4.79 Å². The van der Waals surface area contributed by atoms with Crippen LogP contribution < -0.4 is 16.0 Å². The van der Waals surface area contributed by atoms with Crippen LogP contribution in [0, 0.1) is 0 Å². The van der Waals surface area contributed by atoms with Gasteiger partial charge < -0.3 is 16.0 Å². The van der Waals surface area contributed by atoms with E-state index in [4.69, 9.17) is 17.3 Å². The smallest absolute Gasteiger partial charge is 0.249 e. The van der Waals surface area contributed by atoms with Gasteiger partial charge in [0.25, 0.3) is 0 Å². The van der Waals surface area contributed by atoms with E-state index in [0.29, 0.717) is 18.8 Å². The predicted molar refractivity (Wildman–Crippen MR) is 82.3 cm³/mol. The van der Waals surface area contributed by atoms with Crippen LogP contribution in [0.25, 0.3) is 0 Å². The van der Waals surface area contributed by atoms with Crippen LogP contribution in [0.5, 0.6) is 0 Å². The number of nitrogen functional groups attached to an aromatic ring is 1. The summed E-state index contributed by atoms with van der Waals surface area (Å²) in [6.45, 7) is 0.662. The van der Waals surface area contributed by atoms with Gasteiger partial charge in [0.15, 0.2) is 0 Å². The predicted octanol–water partition coefficient (Wildman–Crippen LogP) is 1.93. The van der Waals surface area contributed by atoms with Crippen LogP contribution >= 0.6 is 11.6 Å². The standard InChI is InChI=1S/C14H14ClN5O/c15-11-8-12(19-14(16)18-11)17-10-6-7-20(13(10)21)9-4-2-1-3-5-9/h1-5,8,10H,6-7H2,(H3,16,17,18,19). The van der Waals surface area contributed by atoms with Gasteiger partial charge in [-0.25, -0.2) is 4.98 Å². The van der Waals surface area contributed by atoms with Gasteiger partial charge >= 0.3 is 0 Å². The van der Waals surface area contributed by atoms with Gasteiger partial charge in [0.2, 0.25) is 11.9 Å². The summed E-state index contributed by atoms with van der Waals surface area (Å²) in [5.41, 5.74) is 6.44. The lowest BCUT2D eigenvalue weighted by Gasteiger charge is -2.17. The Kier molecular flexibility index (Phi) is 3.62. The lowest BCUT2D eigenvalue weighted by molar-refractivity contribution is -0.117. The van der Waals surface area contributed by atoms with Crippen LogP contribution in [0.3, 0.4) is 0 Å². The molecule has 6 nitrogen and oxygen atoms in total. The number of hydrogen-bond acceptors (Lipinski definition) is 5. The Labute approximate surface area is 126 Å². The molecule has 3 N–H and O–H groups in total. The maximum atomic E-state index is 12.4. The molecule has 21 heavy (non-hydrogen) atoms. The molecule has 1 unspecified atom stereocenters. The highest BCUT2D eigenvalue weighted by molar-refractivity contribution is 6.29. The molecule has 1 aliphatic heterocycles. The van der Waals surface area contributed by atoms with Crippen LogP contribution in [0.1, 0.15) is 6.42 Å². The highest BCUT2D eigenvalue weighted by atomic mass is 35.5. The quantitative estimate of drug-likeness (QED) is 0.846. The molecule has 2 aromatic rings. The van der Waals surface area contributed by atoms with Gasteiger partial charge in [0, 0.05) is 18.3 Å². The zero-order chi connectivity index (χ0) is 14.8. The lowest BCUT2D eigenvalue weighted by Crippen LogP contribution is -2.33. The van der Waals surface area contributed by atoms with E-state index in [1.165, 1.54) is 0 Å². The number of benzene rings is 1. The van der Waals surface area contributed by atoms with Gasteiger partial charge in [-0.1, -0.05) is 29.8 Å². The van der Waals surface area contributed by atoms with Crippen molar-refractivity contribution in [1.29, 1.82) is 0 Å². The van der Waals surface area contributed by atoms with E-state index in [9.17, 15) is 4.79 Å². The van der Waals surface area contributed by atoms with E-state index in [-0.39, 0.29) is 23.1 Å². The first-order chi connectivity index (χ1) is 10.1. The second-order valence-corrected chi connectivity index (χ2v) is 5.13. The number of nitrogens with one attached hydrogen (secondary N) is 1. The van der Waals surface area contributed by atoms with Crippen LogP contribution in [-0.4, -0.2) is 28.5 Å². The zero-order valence-electron chi connectivity index (χ0n) is 11.2. The molecule has 1 aliphatic rings. The van der Waals surface area contributed by atoms with E-state index in [1.54, 1.807) is 11.0 Å². The average molecular weight is 304 g/mol. The number of aromatic nitrogens is 2. The number of amides is 1. The largest absolute Gasteiger partial charge is 0.368 e. The first kappa shape index (κ1) is 13.6. The van der Waals surface area contributed by atoms with E-state index in [0.717, 1.165) is 5.69 Å².